The Morgan fingerprint density at radius 3 is 2.60 bits per heavy atom. The van der Waals surface area contributed by atoms with Crippen molar-refractivity contribution in [2.24, 2.45) is 0 Å². The summed E-state index contributed by atoms with van der Waals surface area (Å²) in [4.78, 5) is 4.29. The molecule has 0 spiro atoms. The van der Waals surface area contributed by atoms with Crippen LogP contribution in [-0.2, 0) is 13.0 Å². The van der Waals surface area contributed by atoms with Crippen LogP contribution in [0.5, 0.6) is 5.75 Å². The highest BCUT2D eigenvalue weighted by molar-refractivity contribution is 5.27. The quantitative estimate of drug-likeness (QED) is 0.750. The number of nitrogens with zero attached hydrogens (tertiary/aromatic N) is 1. The van der Waals surface area contributed by atoms with Crippen molar-refractivity contribution in [1.82, 2.24) is 10.3 Å². The molecule has 4 heteroatoms. The zero-order valence-corrected chi connectivity index (χ0v) is 11.6. The van der Waals surface area contributed by atoms with E-state index < -0.39 is 0 Å². The summed E-state index contributed by atoms with van der Waals surface area (Å²) in [5, 5.41) is 22.4. The highest BCUT2D eigenvalue weighted by Crippen LogP contribution is 2.14. The fourth-order valence-electron chi connectivity index (χ4n) is 2.07. The molecule has 0 saturated heterocycles. The molecule has 3 N–H and O–H groups in total. The van der Waals surface area contributed by atoms with Gasteiger partial charge in [0.15, 0.2) is 0 Å². The molecule has 0 aliphatic rings. The molecule has 1 atom stereocenters. The van der Waals surface area contributed by atoms with E-state index in [0.29, 0.717) is 12.2 Å². The van der Waals surface area contributed by atoms with Crippen LogP contribution >= 0.6 is 0 Å². The summed E-state index contributed by atoms with van der Waals surface area (Å²) in [7, 11) is 0. The van der Waals surface area contributed by atoms with Crippen LogP contribution in [-0.4, -0.2) is 27.8 Å². The number of nitrogens with one attached hydrogen (secondary N) is 1. The number of aliphatic hydroxyl groups is 1. The lowest BCUT2D eigenvalue weighted by Crippen LogP contribution is -2.34. The number of hydrogen-bond donors (Lipinski definition) is 3. The molecule has 0 unspecified atom stereocenters. The lowest BCUT2D eigenvalue weighted by Gasteiger charge is -2.16. The van der Waals surface area contributed by atoms with Crippen LogP contribution in [0.3, 0.4) is 0 Å². The molecule has 1 aromatic heterocycles. The lowest BCUT2D eigenvalue weighted by atomic mass is 10.1. The summed E-state index contributed by atoms with van der Waals surface area (Å²) in [5.74, 6) is 0.180. The highest BCUT2D eigenvalue weighted by Gasteiger charge is 2.10. The number of hydrogen-bond acceptors (Lipinski definition) is 4. The number of aryl methyl sites for hydroxylation is 1. The van der Waals surface area contributed by atoms with Crippen LogP contribution in [0.1, 0.15) is 17.0 Å². The van der Waals surface area contributed by atoms with Crippen LogP contribution in [0.25, 0.3) is 0 Å². The van der Waals surface area contributed by atoms with Gasteiger partial charge in [0.25, 0.3) is 0 Å². The topological polar surface area (TPSA) is 65.4 Å². The zero-order chi connectivity index (χ0) is 14.4. The lowest BCUT2D eigenvalue weighted by molar-refractivity contribution is 0.240. The second kappa shape index (κ2) is 7.03. The molecule has 1 heterocycles. The number of aliphatic hydroxyl groups excluding tert-OH is 1. The summed E-state index contributed by atoms with van der Waals surface area (Å²) < 4.78 is 0. The second-order valence-electron chi connectivity index (χ2n) is 4.87. The SMILES string of the molecule is Cc1ccc(O)c(CN[C@H](CO)Cc2ccccc2)n1. The van der Waals surface area contributed by atoms with E-state index >= 15 is 0 Å². The molecule has 4 nitrogen and oxygen atoms in total. The van der Waals surface area contributed by atoms with Crippen molar-refractivity contribution in [3.05, 3.63) is 59.4 Å². The van der Waals surface area contributed by atoms with Gasteiger partial charge in [-0.25, -0.2) is 0 Å². The largest absolute Gasteiger partial charge is 0.506 e. The first-order chi connectivity index (χ1) is 9.69. The van der Waals surface area contributed by atoms with E-state index in [0.717, 1.165) is 12.1 Å². The fraction of sp³-hybridized carbons (Fsp3) is 0.312. The van der Waals surface area contributed by atoms with Crippen molar-refractivity contribution in [2.75, 3.05) is 6.61 Å². The molecule has 2 rings (SSSR count). The van der Waals surface area contributed by atoms with Crippen LogP contribution in [0.4, 0.5) is 0 Å². The molecule has 0 fully saturated rings. The standard InChI is InChI=1S/C16H20N2O2/c1-12-7-8-16(20)15(18-12)10-17-14(11-19)9-13-5-3-2-4-6-13/h2-8,14,17,19-20H,9-11H2,1H3/t14-/m0/s1. The van der Waals surface area contributed by atoms with Gasteiger partial charge in [-0.2, -0.15) is 0 Å². The van der Waals surface area contributed by atoms with Crippen molar-refractivity contribution in [1.29, 1.82) is 0 Å². The number of pyridine rings is 1. The maximum absolute atomic E-state index is 9.75. The molecular weight excluding hydrogens is 252 g/mol. The fourth-order valence-corrected chi connectivity index (χ4v) is 2.07. The van der Waals surface area contributed by atoms with Crippen molar-refractivity contribution in [3.63, 3.8) is 0 Å². The zero-order valence-electron chi connectivity index (χ0n) is 11.6. The average molecular weight is 272 g/mol. The Bertz CT molecular complexity index is 543. The number of benzene rings is 1. The maximum Gasteiger partial charge on any atom is 0.138 e. The Hall–Kier alpha value is -1.91. The van der Waals surface area contributed by atoms with Gasteiger partial charge >= 0.3 is 0 Å². The van der Waals surface area contributed by atoms with Gasteiger partial charge in [0.1, 0.15) is 5.75 Å². The average Bonchev–Trinajstić information content (AvgIpc) is 2.47. The molecule has 0 aliphatic carbocycles. The van der Waals surface area contributed by atoms with Gasteiger partial charge in [0, 0.05) is 18.3 Å². The molecule has 0 saturated carbocycles. The minimum absolute atomic E-state index is 0.0431. The predicted molar refractivity (Wildman–Crippen MR) is 78.5 cm³/mol. The van der Waals surface area contributed by atoms with Crippen molar-refractivity contribution in [2.45, 2.75) is 25.9 Å². The van der Waals surface area contributed by atoms with Gasteiger partial charge < -0.3 is 15.5 Å². The second-order valence-corrected chi connectivity index (χ2v) is 4.87. The highest BCUT2D eigenvalue weighted by atomic mass is 16.3. The van der Waals surface area contributed by atoms with E-state index in [1.807, 2.05) is 37.3 Å². The first kappa shape index (κ1) is 14.5. The molecule has 106 valence electrons. The van der Waals surface area contributed by atoms with Crippen molar-refractivity contribution in [3.8, 4) is 5.75 Å². The molecular formula is C16H20N2O2. The molecule has 0 aliphatic heterocycles. The maximum atomic E-state index is 9.75. The summed E-state index contributed by atoms with van der Waals surface area (Å²) in [5.41, 5.74) is 2.64. The Labute approximate surface area is 119 Å². The smallest absolute Gasteiger partial charge is 0.138 e. The summed E-state index contributed by atoms with van der Waals surface area (Å²) >= 11 is 0. The van der Waals surface area contributed by atoms with Gasteiger partial charge in [-0.3, -0.25) is 4.98 Å². The number of aromatic nitrogens is 1. The van der Waals surface area contributed by atoms with E-state index in [9.17, 15) is 10.2 Å². The van der Waals surface area contributed by atoms with E-state index in [4.69, 9.17) is 0 Å². The number of aromatic hydroxyl groups is 1. The van der Waals surface area contributed by atoms with Crippen LogP contribution in [0, 0.1) is 6.92 Å². The van der Waals surface area contributed by atoms with Gasteiger partial charge in [-0.05, 0) is 31.0 Å². The van der Waals surface area contributed by atoms with Gasteiger partial charge in [0.05, 0.1) is 12.3 Å². The van der Waals surface area contributed by atoms with Gasteiger partial charge in [-0.1, -0.05) is 30.3 Å². The molecule has 2 aromatic rings. The molecule has 0 amide bonds. The number of rotatable bonds is 6. The minimum Gasteiger partial charge on any atom is -0.506 e. The Morgan fingerprint density at radius 2 is 1.90 bits per heavy atom. The normalized spacial score (nSPS) is 12.3. The molecule has 1 aromatic carbocycles. The monoisotopic (exact) mass is 272 g/mol. The van der Waals surface area contributed by atoms with E-state index in [1.54, 1.807) is 12.1 Å². The first-order valence-corrected chi connectivity index (χ1v) is 6.72. The third-order valence-electron chi connectivity index (χ3n) is 3.19. The first-order valence-electron chi connectivity index (χ1n) is 6.72. The third kappa shape index (κ3) is 4.05. The third-order valence-corrected chi connectivity index (χ3v) is 3.19. The Morgan fingerprint density at radius 1 is 1.15 bits per heavy atom. The molecule has 0 radical (unpaired) electrons. The Balaban J connectivity index is 1.95. The van der Waals surface area contributed by atoms with Crippen molar-refractivity contribution >= 4 is 0 Å². The van der Waals surface area contributed by atoms with E-state index in [2.05, 4.69) is 10.3 Å². The summed E-state index contributed by atoms with van der Waals surface area (Å²) in [6, 6.07) is 13.4. The van der Waals surface area contributed by atoms with Gasteiger partial charge in [-0.15, -0.1) is 0 Å². The predicted octanol–water partition coefficient (Wildman–Crippen LogP) is 1.79. The van der Waals surface area contributed by atoms with Crippen LogP contribution < -0.4 is 5.32 Å². The molecule has 20 heavy (non-hydrogen) atoms. The van der Waals surface area contributed by atoms with Crippen LogP contribution in [0.2, 0.25) is 0 Å². The minimum atomic E-state index is -0.0564. The molecule has 0 bridgehead atoms. The summed E-state index contributed by atoms with van der Waals surface area (Å²) in [6.45, 7) is 2.36. The Kier molecular flexibility index (Phi) is 5.09. The van der Waals surface area contributed by atoms with E-state index in [1.165, 1.54) is 5.56 Å². The summed E-state index contributed by atoms with van der Waals surface area (Å²) in [6.07, 6.45) is 0.740. The van der Waals surface area contributed by atoms with Crippen LogP contribution in [0.15, 0.2) is 42.5 Å². The van der Waals surface area contributed by atoms with Crippen molar-refractivity contribution < 1.29 is 10.2 Å². The van der Waals surface area contributed by atoms with Gasteiger partial charge in [0.2, 0.25) is 0 Å². The van der Waals surface area contributed by atoms with E-state index in [-0.39, 0.29) is 18.4 Å².